The van der Waals surface area contributed by atoms with E-state index in [2.05, 4.69) is 20.6 Å². The molecule has 0 aliphatic heterocycles. The van der Waals surface area contributed by atoms with E-state index in [-0.39, 0.29) is 5.91 Å². The Bertz CT molecular complexity index is 985. The maximum atomic E-state index is 12.6. The molecule has 5 nitrogen and oxygen atoms in total. The summed E-state index contributed by atoms with van der Waals surface area (Å²) in [5.41, 5.74) is 4.25. The van der Waals surface area contributed by atoms with Gasteiger partial charge in [0.15, 0.2) is 0 Å². The monoisotopic (exact) mass is 392 g/mol. The molecule has 142 valence electrons. The van der Waals surface area contributed by atoms with Crippen LogP contribution in [0.15, 0.2) is 72.0 Å². The third-order valence-electron chi connectivity index (χ3n) is 4.21. The quantitative estimate of drug-likeness (QED) is 0.497. The van der Waals surface area contributed by atoms with Gasteiger partial charge in [-0.3, -0.25) is 15.1 Å². The lowest BCUT2D eigenvalue weighted by Crippen LogP contribution is -2.36. The van der Waals surface area contributed by atoms with Crippen molar-refractivity contribution >= 4 is 29.2 Å². The van der Waals surface area contributed by atoms with Crippen LogP contribution in [-0.2, 0) is 6.54 Å². The Labute approximate surface area is 169 Å². The number of pyridine rings is 1. The molecule has 3 rings (SSSR count). The SMILES string of the molecule is Cc1ccc(C(=O)NC(=NCc2cccnc2)Nc2cccc(Cl)c2C)cc1. The van der Waals surface area contributed by atoms with Gasteiger partial charge in [-0.05, 0) is 55.3 Å². The third-order valence-corrected chi connectivity index (χ3v) is 4.62. The molecule has 1 heterocycles. The number of benzene rings is 2. The van der Waals surface area contributed by atoms with Crippen molar-refractivity contribution in [2.24, 2.45) is 4.99 Å². The molecule has 0 fully saturated rings. The van der Waals surface area contributed by atoms with Gasteiger partial charge in [-0.15, -0.1) is 0 Å². The molecule has 0 saturated carbocycles. The molecular weight excluding hydrogens is 372 g/mol. The number of hydrogen-bond acceptors (Lipinski definition) is 3. The summed E-state index contributed by atoms with van der Waals surface area (Å²) < 4.78 is 0. The van der Waals surface area contributed by atoms with Crippen LogP contribution in [0, 0.1) is 13.8 Å². The first kappa shape index (κ1) is 19.6. The number of carbonyl (C=O) groups excluding carboxylic acids is 1. The van der Waals surface area contributed by atoms with Gasteiger partial charge in [0.1, 0.15) is 0 Å². The van der Waals surface area contributed by atoms with Crippen LogP contribution in [0.5, 0.6) is 0 Å². The number of aliphatic imine (C=N–C) groups is 1. The highest BCUT2D eigenvalue weighted by Gasteiger charge is 2.11. The molecule has 0 aliphatic carbocycles. The fourth-order valence-corrected chi connectivity index (χ4v) is 2.70. The summed E-state index contributed by atoms with van der Waals surface area (Å²) in [6.45, 7) is 4.26. The molecular formula is C22H21ClN4O. The van der Waals surface area contributed by atoms with Gasteiger partial charge >= 0.3 is 0 Å². The minimum absolute atomic E-state index is 0.239. The number of rotatable bonds is 4. The molecule has 28 heavy (non-hydrogen) atoms. The van der Waals surface area contributed by atoms with Crippen LogP contribution in [0.1, 0.15) is 27.0 Å². The number of nitrogens with zero attached hydrogens (tertiary/aromatic N) is 2. The molecule has 0 radical (unpaired) electrons. The fourth-order valence-electron chi connectivity index (χ4n) is 2.53. The van der Waals surface area contributed by atoms with Gasteiger partial charge in [0.05, 0.1) is 6.54 Å². The van der Waals surface area contributed by atoms with E-state index in [4.69, 9.17) is 11.6 Å². The highest BCUT2D eigenvalue weighted by atomic mass is 35.5. The largest absolute Gasteiger partial charge is 0.326 e. The van der Waals surface area contributed by atoms with E-state index in [1.54, 1.807) is 24.5 Å². The number of aryl methyl sites for hydroxylation is 1. The summed E-state index contributed by atoms with van der Waals surface area (Å²) >= 11 is 6.21. The Morgan fingerprint density at radius 1 is 1.07 bits per heavy atom. The van der Waals surface area contributed by atoms with E-state index in [0.717, 1.165) is 22.4 Å². The van der Waals surface area contributed by atoms with Crippen molar-refractivity contribution in [2.45, 2.75) is 20.4 Å². The Morgan fingerprint density at radius 2 is 1.86 bits per heavy atom. The second-order valence-corrected chi connectivity index (χ2v) is 6.79. The Morgan fingerprint density at radius 3 is 2.57 bits per heavy atom. The topological polar surface area (TPSA) is 66.4 Å². The van der Waals surface area contributed by atoms with E-state index in [9.17, 15) is 4.79 Å². The second-order valence-electron chi connectivity index (χ2n) is 6.38. The van der Waals surface area contributed by atoms with Crippen molar-refractivity contribution in [3.8, 4) is 0 Å². The van der Waals surface area contributed by atoms with Crippen molar-refractivity contribution in [1.29, 1.82) is 0 Å². The van der Waals surface area contributed by atoms with Crippen molar-refractivity contribution in [3.63, 3.8) is 0 Å². The smallest absolute Gasteiger partial charge is 0.257 e. The normalized spacial score (nSPS) is 11.2. The summed E-state index contributed by atoms with van der Waals surface area (Å²) in [7, 11) is 0. The predicted molar refractivity (Wildman–Crippen MR) is 114 cm³/mol. The maximum absolute atomic E-state index is 12.6. The van der Waals surface area contributed by atoms with E-state index in [0.29, 0.717) is 23.1 Å². The number of hydrogen-bond donors (Lipinski definition) is 2. The molecule has 0 spiro atoms. The molecule has 2 N–H and O–H groups in total. The van der Waals surface area contributed by atoms with Gasteiger partial charge in [0.25, 0.3) is 5.91 Å². The van der Waals surface area contributed by atoms with Gasteiger partial charge in [0.2, 0.25) is 5.96 Å². The first-order valence-corrected chi connectivity index (χ1v) is 9.24. The van der Waals surface area contributed by atoms with Crippen molar-refractivity contribution in [1.82, 2.24) is 10.3 Å². The highest BCUT2D eigenvalue weighted by molar-refractivity contribution is 6.31. The van der Waals surface area contributed by atoms with Gasteiger partial charge in [-0.1, -0.05) is 41.4 Å². The van der Waals surface area contributed by atoms with Gasteiger partial charge < -0.3 is 5.32 Å². The zero-order valence-corrected chi connectivity index (χ0v) is 16.5. The molecule has 0 aliphatic rings. The summed E-state index contributed by atoms with van der Waals surface area (Å²) in [6, 6.07) is 16.7. The minimum atomic E-state index is -0.239. The van der Waals surface area contributed by atoms with Crippen LogP contribution in [0.2, 0.25) is 5.02 Å². The molecule has 2 aromatic carbocycles. The molecule has 1 aromatic heterocycles. The molecule has 6 heteroatoms. The Kier molecular flexibility index (Phi) is 6.40. The van der Waals surface area contributed by atoms with Crippen LogP contribution in [-0.4, -0.2) is 16.9 Å². The predicted octanol–water partition coefficient (Wildman–Crippen LogP) is 4.75. The van der Waals surface area contributed by atoms with Gasteiger partial charge in [0, 0.05) is 28.7 Å². The van der Waals surface area contributed by atoms with Crippen LogP contribution in [0.25, 0.3) is 0 Å². The number of carbonyl (C=O) groups is 1. The van der Waals surface area contributed by atoms with Crippen LogP contribution in [0.3, 0.4) is 0 Å². The maximum Gasteiger partial charge on any atom is 0.257 e. The molecule has 0 bridgehead atoms. The summed E-state index contributed by atoms with van der Waals surface area (Å²) in [6.07, 6.45) is 3.45. The van der Waals surface area contributed by atoms with Gasteiger partial charge in [-0.2, -0.15) is 0 Å². The number of halogens is 1. The molecule has 3 aromatic rings. The zero-order chi connectivity index (χ0) is 19.9. The first-order valence-electron chi connectivity index (χ1n) is 8.86. The lowest BCUT2D eigenvalue weighted by molar-refractivity contribution is 0.0977. The molecule has 0 unspecified atom stereocenters. The molecule has 0 saturated heterocycles. The van der Waals surface area contributed by atoms with Crippen LogP contribution in [0.4, 0.5) is 5.69 Å². The molecule has 1 amide bonds. The summed E-state index contributed by atoms with van der Waals surface area (Å²) in [5, 5.41) is 6.68. The number of nitrogens with one attached hydrogen (secondary N) is 2. The minimum Gasteiger partial charge on any atom is -0.326 e. The Hall–Kier alpha value is -3.18. The average molecular weight is 393 g/mol. The zero-order valence-electron chi connectivity index (χ0n) is 15.7. The van der Waals surface area contributed by atoms with E-state index in [1.165, 1.54) is 0 Å². The lowest BCUT2D eigenvalue weighted by atomic mass is 10.1. The first-order chi connectivity index (χ1) is 13.5. The third kappa shape index (κ3) is 5.18. The Balaban J connectivity index is 1.84. The number of amides is 1. The molecule has 0 atom stereocenters. The average Bonchev–Trinajstić information content (AvgIpc) is 2.71. The van der Waals surface area contributed by atoms with Crippen molar-refractivity contribution in [2.75, 3.05) is 5.32 Å². The standard InChI is InChI=1S/C22H21ClN4O/c1-15-8-10-18(11-9-15)21(28)27-22(25-14-17-5-4-12-24-13-17)26-20-7-3-6-19(23)16(20)2/h3-13H,14H2,1-2H3,(H2,25,26,27,28). The van der Waals surface area contributed by atoms with E-state index in [1.807, 2.05) is 56.3 Å². The van der Waals surface area contributed by atoms with Crippen molar-refractivity contribution < 1.29 is 4.79 Å². The van der Waals surface area contributed by atoms with E-state index < -0.39 is 0 Å². The highest BCUT2D eigenvalue weighted by Crippen LogP contribution is 2.22. The van der Waals surface area contributed by atoms with Crippen LogP contribution >= 0.6 is 11.6 Å². The van der Waals surface area contributed by atoms with Crippen molar-refractivity contribution in [3.05, 3.63) is 94.3 Å². The number of aromatic nitrogens is 1. The summed E-state index contributed by atoms with van der Waals surface area (Å²) in [4.78, 5) is 21.3. The lowest BCUT2D eigenvalue weighted by Gasteiger charge is -2.14. The summed E-state index contributed by atoms with van der Waals surface area (Å²) in [5.74, 6) is 0.108. The number of guanidine groups is 1. The van der Waals surface area contributed by atoms with E-state index >= 15 is 0 Å². The van der Waals surface area contributed by atoms with Gasteiger partial charge in [-0.25, -0.2) is 4.99 Å². The fraction of sp³-hybridized carbons (Fsp3) is 0.136. The van der Waals surface area contributed by atoms with Crippen LogP contribution < -0.4 is 10.6 Å². The second kappa shape index (κ2) is 9.15. The number of anilines is 1.